The van der Waals surface area contributed by atoms with E-state index in [9.17, 15) is 9.59 Å². The second-order valence-electron chi connectivity index (χ2n) is 3.52. The summed E-state index contributed by atoms with van der Waals surface area (Å²) < 4.78 is 5.41. The van der Waals surface area contributed by atoms with E-state index in [1.165, 1.54) is 19.4 Å². The smallest absolute Gasteiger partial charge is 0.254 e. The van der Waals surface area contributed by atoms with Crippen molar-refractivity contribution < 1.29 is 14.3 Å². The summed E-state index contributed by atoms with van der Waals surface area (Å²) in [4.78, 5) is 27.0. The van der Waals surface area contributed by atoms with Crippen LogP contribution < -0.4 is 10.6 Å². The third-order valence-corrected chi connectivity index (χ3v) is 2.82. The van der Waals surface area contributed by atoms with Gasteiger partial charge in [-0.15, -0.1) is 0 Å². The third kappa shape index (κ3) is 5.54. The van der Waals surface area contributed by atoms with Crippen LogP contribution in [0.1, 0.15) is 10.4 Å². The van der Waals surface area contributed by atoms with Gasteiger partial charge < -0.3 is 15.4 Å². The van der Waals surface area contributed by atoms with Crippen molar-refractivity contribution in [1.82, 2.24) is 15.6 Å². The molecule has 0 fully saturated rings. The Hall–Kier alpha value is -1.18. The summed E-state index contributed by atoms with van der Waals surface area (Å²) in [5, 5.41) is 5.12. The Morgan fingerprint density at radius 1 is 1.47 bits per heavy atom. The average Bonchev–Trinajstić information content (AvgIpc) is 2.39. The summed E-state index contributed by atoms with van der Waals surface area (Å²) in [6.45, 7) is 0.677. The minimum absolute atomic E-state index is 0.0838. The quantitative estimate of drug-likeness (QED) is 0.592. The van der Waals surface area contributed by atoms with E-state index in [1.54, 1.807) is 0 Å². The minimum Gasteiger partial charge on any atom is -0.383 e. The molecular formula is C11H13BrClN3O3. The first-order chi connectivity index (χ1) is 9.04. The first-order valence-electron chi connectivity index (χ1n) is 5.39. The van der Waals surface area contributed by atoms with Crippen LogP contribution in [0.5, 0.6) is 0 Å². The number of amides is 2. The fraction of sp³-hybridized carbons (Fsp3) is 0.364. The number of nitrogens with one attached hydrogen (secondary N) is 2. The third-order valence-electron chi connectivity index (χ3n) is 2.09. The Morgan fingerprint density at radius 2 is 2.21 bits per heavy atom. The van der Waals surface area contributed by atoms with E-state index in [0.717, 1.165) is 0 Å². The summed E-state index contributed by atoms with van der Waals surface area (Å²) >= 11 is 8.99. The van der Waals surface area contributed by atoms with E-state index in [2.05, 4.69) is 31.5 Å². The number of halogens is 2. The van der Waals surface area contributed by atoms with E-state index in [-0.39, 0.29) is 23.2 Å². The molecule has 0 atom stereocenters. The van der Waals surface area contributed by atoms with Gasteiger partial charge in [0.25, 0.3) is 5.91 Å². The fourth-order valence-corrected chi connectivity index (χ4v) is 1.71. The van der Waals surface area contributed by atoms with Crippen LogP contribution in [0.15, 0.2) is 16.7 Å². The van der Waals surface area contributed by atoms with Crippen molar-refractivity contribution >= 4 is 39.3 Å². The number of nitrogens with zero attached hydrogens (tertiary/aromatic N) is 1. The summed E-state index contributed by atoms with van der Waals surface area (Å²) in [6, 6.07) is 1.54. The molecule has 19 heavy (non-hydrogen) atoms. The molecule has 1 heterocycles. The first-order valence-corrected chi connectivity index (χ1v) is 6.56. The number of aromatic nitrogens is 1. The van der Waals surface area contributed by atoms with Gasteiger partial charge in [-0.2, -0.15) is 0 Å². The average molecular weight is 351 g/mol. The Bertz CT molecular complexity index is 470. The molecule has 0 aliphatic carbocycles. The molecule has 1 aromatic heterocycles. The number of hydrogen-bond donors (Lipinski definition) is 2. The molecule has 8 heteroatoms. The Morgan fingerprint density at radius 3 is 2.89 bits per heavy atom. The van der Waals surface area contributed by atoms with Crippen molar-refractivity contribution in [2.45, 2.75) is 0 Å². The normalized spacial score (nSPS) is 10.1. The maximum absolute atomic E-state index is 11.8. The van der Waals surface area contributed by atoms with Crippen LogP contribution in [0.3, 0.4) is 0 Å². The molecule has 1 aromatic rings. The zero-order valence-electron chi connectivity index (χ0n) is 10.2. The van der Waals surface area contributed by atoms with Gasteiger partial charge in [-0.25, -0.2) is 4.98 Å². The lowest BCUT2D eigenvalue weighted by Gasteiger charge is -2.07. The van der Waals surface area contributed by atoms with E-state index < -0.39 is 5.91 Å². The molecule has 104 valence electrons. The van der Waals surface area contributed by atoms with Crippen molar-refractivity contribution in [2.75, 3.05) is 26.8 Å². The van der Waals surface area contributed by atoms with Crippen LogP contribution in [-0.2, 0) is 9.53 Å². The van der Waals surface area contributed by atoms with E-state index in [0.29, 0.717) is 17.6 Å². The molecule has 0 unspecified atom stereocenters. The number of ether oxygens (including phenoxy) is 1. The second-order valence-corrected chi connectivity index (χ2v) is 4.79. The van der Waals surface area contributed by atoms with E-state index in [4.69, 9.17) is 16.3 Å². The van der Waals surface area contributed by atoms with Gasteiger partial charge in [0, 0.05) is 24.3 Å². The minimum atomic E-state index is -0.458. The molecule has 2 N–H and O–H groups in total. The highest BCUT2D eigenvalue weighted by molar-refractivity contribution is 9.10. The Labute approximate surface area is 124 Å². The van der Waals surface area contributed by atoms with Crippen LogP contribution in [0, 0.1) is 0 Å². The fourth-order valence-electron chi connectivity index (χ4n) is 1.19. The highest BCUT2D eigenvalue weighted by atomic mass is 79.9. The van der Waals surface area contributed by atoms with Crippen LogP contribution in [0.2, 0.25) is 5.15 Å². The number of carbonyl (C=O) groups is 2. The van der Waals surface area contributed by atoms with Crippen molar-refractivity contribution in [2.24, 2.45) is 0 Å². The van der Waals surface area contributed by atoms with Gasteiger partial charge in [0.05, 0.1) is 18.7 Å². The summed E-state index contributed by atoms with van der Waals surface area (Å²) in [6.07, 6.45) is 1.48. The molecule has 0 saturated heterocycles. The summed E-state index contributed by atoms with van der Waals surface area (Å²) in [5.74, 6) is -0.759. The van der Waals surface area contributed by atoms with Gasteiger partial charge >= 0.3 is 0 Å². The van der Waals surface area contributed by atoms with E-state index in [1.807, 2.05) is 0 Å². The van der Waals surface area contributed by atoms with Gasteiger partial charge in [-0.05, 0) is 22.0 Å². The number of carbonyl (C=O) groups excluding carboxylic acids is 2. The van der Waals surface area contributed by atoms with Gasteiger partial charge in [0.15, 0.2) is 0 Å². The lowest BCUT2D eigenvalue weighted by Crippen LogP contribution is -2.38. The van der Waals surface area contributed by atoms with Gasteiger partial charge in [-0.3, -0.25) is 9.59 Å². The topological polar surface area (TPSA) is 80.3 Å². The SMILES string of the molecule is COCCNC(=O)CNC(=O)c1cc(Br)cnc1Cl. The zero-order chi connectivity index (χ0) is 14.3. The first kappa shape index (κ1) is 15.9. The van der Waals surface area contributed by atoms with Crippen molar-refractivity contribution in [3.8, 4) is 0 Å². The number of rotatable bonds is 6. The lowest BCUT2D eigenvalue weighted by atomic mass is 10.2. The number of pyridine rings is 1. The molecule has 0 aliphatic heterocycles. The predicted octanol–water partition coefficient (Wildman–Crippen LogP) is 0.990. The molecule has 0 aliphatic rings. The van der Waals surface area contributed by atoms with Crippen LogP contribution in [-0.4, -0.2) is 43.6 Å². The van der Waals surface area contributed by atoms with Crippen molar-refractivity contribution in [3.05, 3.63) is 27.5 Å². The highest BCUT2D eigenvalue weighted by Gasteiger charge is 2.13. The predicted molar refractivity (Wildman–Crippen MR) is 74.2 cm³/mol. The largest absolute Gasteiger partial charge is 0.383 e. The van der Waals surface area contributed by atoms with Crippen molar-refractivity contribution in [3.63, 3.8) is 0 Å². The van der Waals surface area contributed by atoms with Crippen LogP contribution >= 0.6 is 27.5 Å². The number of hydrogen-bond acceptors (Lipinski definition) is 4. The van der Waals surface area contributed by atoms with Gasteiger partial charge in [0.2, 0.25) is 5.91 Å². The molecular weight excluding hydrogens is 337 g/mol. The zero-order valence-corrected chi connectivity index (χ0v) is 12.5. The Balaban J connectivity index is 2.47. The highest BCUT2D eigenvalue weighted by Crippen LogP contribution is 2.17. The molecule has 0 aromatic carbocycles. The molecule has 0 radical (unpaired) electrons. The molecule has 6 nitrogen and oxygen atoms in total. The monoisotopic (exact) mass is 349 g/mol. The van der Waals surface area contributed by atoms with Crippen LogP contribution in [0.25, 0.3) is 0 Å². The van der Waals surface area contributed by atoms with Crippen LogP contribution in [0.4, 0.5) is 0 Å². The standard InChI is InChI=1S/C11H13BrClN3O3/c1-19-3-2-14-9(17)6-16-11(18)8-4-7(12)5-15-10(8)13/h4-5H,2-3,6H2,1H3,(H,14,17)(H,16,18). The lowest BCUT2D eigenvalue weighted by molar-refractivity contribution is -0.120. The number of methoxy groups -OCH3 is 1. The maximum atomic E-state index is 11.8. The van der Waals surface area contributed by atoms with E-state index >= 15 is 0 Å². The summed E-state index contributed by atoms with van der Waals surface area (Å²) in [5.41, 5.74) is 0.209. The molecule has 0 spiro atoms. The maximum Gasteiger partial charge on any atom is 0.254 e. The van der Waals surface area contributed by atoms with Gasteiger partial charge in [-0.1, -0.05) is 11.6 Å². The van der Waals surface area contributed by atoms with Gasteiger partial charge in [0.1, 0.15) is 5.15 Å². The summed E-state index contributed by atoms with van der Waals surface area (Å²) in [7, 11) is 1.54. The van der Waals surface area contributed by atoms with Crippen molar-refractivity contribution in [1.29, 1.82) is 0 Å². The molecule has 0 bridgehead atoms. The second kappa shape index (κ2) is 8.08. The Kier molecular flexibility index (Phi) is 6.75. The molecule has 2 amide bonds. The molecule has 0 saturated carbocycles. The molecule has 1 rings (SSSR count).